The molecule has 0 heterocycles. The molecule has 20 heavy (non-hydrogen) atoms. The Morgan fingerprint density at radius 1 is 1.00 bits per heavy atom. The molecule has 0 unspecified atom stereocenters. The monoisotopic (exact) mass is 268 g/mol. The van der Waals surface area contributed by atoms with Crippen LogP contribution < -0.4 is 10.6 Å². The third-order valence-electron chi connectivity index (χ3n) is 3.48. The fourth-order valence-corrected chi connectivity index (χ4v) is 2.21. The molecule has 0 saturated heterocycles. The van der Waals surface area contributed by atoms with Crippen LogP contribution in [0, 0.1) is 6.92 Å². The van der Waals surface area contributed by atoms with Crippen molar-refractivity contribution in [1.29, 1.82) is 0 Å². The van der Waals surface area contributed by atoms with Crippen molar-refractivity contribution in [2.24, 2.45) is 0 Å². The first-order valence-electron chi connectivity index (χ1n) is 6.69. The smallest absolute Gasteiger partial charge is 0.249 e. The highest BCUT2D eigenvalue weighted by atomic mass is 16.2. The first-order chi connectivity index (χ1) is 9.56. The first kappa shape index (κ1) is 14.1. The van der Waals surface area contributed by atoms with Gasteiger partial charge in [0.25, 0.3) is 0 Å². The van der Waals surface area contributed by atoms with Crippen molar-refractivity contribution in [3.05, 3.63) is 65.7 Å². The molecule has 2 N–H and O–H groups in total. The van der Waals surface area contributed by atoms with Crippen LogP contribution in [0.5, 0.6) is 0 Å². The van der Waals surface area contributed by atoms with Gasteiger partial charge < -0.3 is 10.6 Å². The molecular weight excluding hydrogens is 248 g/mol. The number of anilines is 1. The molecule has 1 atom stereocenters. The van der Waals surface area contributed by atoms with E-state index in [2.05, 4.69) is 10.6 Å². The number of benzene rings is 2. The fraction of sp³-hybridized carbons (Fsp3) is 0.235. The fourth-order valence-electron chi connectivity index (χ4n) is 2.21. The minimum absolute atomic E-state index is 0.0655. The largest absolute Gasteiger partial charge is 0.368 e. The predicted molar refractivity (Wildman–Crippen MR) is 82.7 cm³/mol. The molecule has 3 nitrogen and oxygen atoms in total. The topological polar surface area (TPSA) is 41.1 Å². The summed E-state index contributed by atoms with van der Waals surface area (Å²) in [6.07, 6.45) is 0. The second-order valence-electron chi connectivity index (χ2n) is 5.06. The van der Waals surface area contributed by atoms with E-state index in [1.54, 1.807) is 7.05 Å². The van der Waals surface area contributed by atoms with Gasteiger partial charge in [0.1, 0.15) is 5.54 Å². The van der Waals surface area contributed by atoms with Crippen LogP contribution in [0.3, 0.4) is 0 Å². The van der Waals surface area contributed by atoms with Gasteiger partial charge in [-0.3, -0.25) is 4.79 Å². The summed E-state index contributed by atoms with van der Waals surface area (Å²) in [4.78, 5) is 12.3. The molecule has 0 fully saturated rings. The van der Waals surface area contributed by atoms with Gasteiger partial charge in [0.15, 0.2) is 0 Å². The molecule has 0 radical (unpaired) electrons. The maximum Gasteiger partial charge on any atom is 0.249 e. The quantitative estimate of drug-likeness (QED) is 0.894. The van der Waals surface area contributed by atoms with E-state index in [1.165, 1.54) is 5.56 Å². The van der Waals surface area contributed by atoms with Crippen LogP contribution in [0.15, 0.2) is 54.6 Å². The van der Waals surface area contributed by atoms with E-state index in [1.807, 2.05) is 68.4 Å². The number of nitrogens with one attached hydrogen (secondary N) is 2. The summed E-state index contributed by atoms with van der Waals surface area (Å²) < 4.78 is 0. The SMILES string of the molecule is CNC(=O)[C@@](C)(Nc1ccc(C)cc1)c1ccccc1. The summed E-state index contributed by atoms with van der Waals surface area (Å²) in [5.41, 5.74) is 2.24. The van der Waals surface area contributed by atoms with Crippen molar-refractivity contribution in [3.8, 4) is 0 Å². The number of amides is 1. The van der Waals surface area contributed by atoms with Crippen LogP contribution in [0.2, 0.25) is 0 Å². The second kappa shape index (κ2) is 5.78. The lowest BCUT2D eigenvalue weighted by Crippen LogP contribution is -2.46. The molecule has 0 bridgehead atoms. The predicted octanol–water partition coefficient (Wildman–Crippen LogP) is 3.07. The summed E-state index contributed by atoms with van der Waals surface area (Å²) >= 11 is 0. The number of rotatable bonds is 4. The van der Waals surface area contributed by atoms with Crippen LogP contribution in [0.1, 0.15) is 18.1 Å². The van der Waals surface area contributed by atoms with Crippen LogP contribution in [0.25, 0.3) is 0 Å². The summed E-state index contributed by atoms with van der Waals surface area (Å²) in [6.45, 7) is 3.93. The lowest BCUT2D eigenvalue weighted by atomic mass is 9.90. The Hall–Kier alpha value is -2.29. The van der Waals surface area contributed by atoms with Gasteiger partial charge in [0.05, 0.1) is 0 Å². The van der Waals surface area contributed by atoms with Crippen molar-refractivity contribution in [3.63, 3.8) is 0 Å². The zero-order chi connectivity index (χ0) is 14.6. The minimum Gasteiger partial charge on any atom is -0.368 e. The van der Waals surface area contributed by atoms with Gasteiger partial charge in [-0.1, -0.05) is 48.0 Å². The molecule has 2 aromatic carbocycles. The van der Waals surface area contributed by atoms with Crippen molar-refractivity contribution >= 4 is 11.6 Å². The third-order valence-corrected chi connectivity index (χ3v) is 3.48. The van der Waals surface area contributed by atoms with Gasteiger partial charge in [-0.05, 0) is 31.5 Å². The maximum atomic E-state index is 12.3. The minimum atomic E-state index is -0.800. The van der Waals surface area contributed by atoms with Crippen LogP contribution >= 0.6 is 0 Å². The third kappa shape index (κ3) is 2.82. The number of carbonyl (C=O) groups excluding carboxylic acids is 1. The Labute approximate surface area is 120 Å². The second-order valence-corrected chi connectivity index (χ2v) is 5.06. The van der Waals surface area contributed by atoms with Gasteiger partial charge in [-0.15, -0.1) is 0 Å². The van der Waals surface area contributed by atoms with E-state index in [4.69, 9.17) is 0 Å². The summed E-state index contributed by atoms with van der Waals surface area (Å²) in [6, 6.07) is 17.8. The molecule has 0 spiro atoms. The standard InChI is InChI=1S/C17H20N2O/c1-13-9-11-15(12-10-13)19-17(2,16(20)18-3)14-7-5-4-6-8-14/h4-12,19H,1-3H3,(H,18,20)/t17-/m0/s1. The van der Waals surface area contributed by atoms with Crippen LogP contribution in [0.4, 0.5) is 5.69 Å². The first-order valence-corrected chi connectivity index (χ1v) is 6.69. The molecular formula is C17H20N2O. The molecule has 0 saturated carbocycles. The molecule has 1 amide bonds. The molecule has 0 aromatic heterocycles. The van der Waals surface area contributed by atoms with E-state index in [0.717, 1.165) is 11.3 Å². The molecule has 104 valence electrons. The van der Waals surface area contributed by atoms with Gasteiger partial charge in [0, 0.05) is 12.7 Å². The van der Waals surface area contributed by atoms with Gasteiger partial charge >= 0.3 is 0 Å². The molecule has 2 aromatic rings. The van der Waals surface area contributed by atoms with Crippen molar-refractivity contribution in [2.45, 2.75) is 19.4 Å². The number of aryl methyl sites for hydroxylation is 1. The molecule has 0 aliphatic heterocycles. The zero-order valence-electron chi connectivity index (χ0n) is 12.1. The van der Waals surface area contributed by atoms with Crippen molar-refractivity contribution in [2.75, 3.05) is 12.4 Å². The number of carbonyl (C=O) groups is 1. The Kier molecular flexibility index (Phi) is 4.08. The Morgan fingerprint density at radius 2 is 1.60 bits per heavy atom. The summed E-state index contributed by atoms with van der Waals surface area (Å²) in [5.74, 6) is -0.0655. The van der Waals surface area contributed by atoms with E-state index >= 15 is 0 Å². The number of hydrogen-bond donors (Lipinski definition) is 2. The lowest BCUT2D eigenvalue weighted by Gasteiger charge is -2.30. The maximum absolute atomic E-state index is 12.3. The Bertz CT molecular complexity index is 578. The van der Waals surface area contributed by atoms with E-state index < -0.39 is 5.54 Å². The molecule has 0 aliphatic rings. The van der Waals surface area contributed by atoms with Crippen LogP contribution in [-0.2, 0) is 10.3 Å². The normalized spacial score (nSPS) is 13.3. The molecule has 3 heteroatoms. The average Bonchev–Trinajstić information content (AvgIpc) is 2.49. The Morgan fingerprint density at radius 3 is 2.15 bits per heavy atom. The number of likely N-dealkylation sites (N-methyl/N-ethyl adjacent to an activating group) is 1. The lowest BCUT2D eigenvalue weighted by molar-refractivity contribution is -0.124. The number of hydrogen-bond acceptors (Lipinski definition) is 2. The van der Waals surface area contributed by atoms with Crippen LogP contribution in [-0.4, -0.2) is 13.0 Å². The molecule has 0 aliphatic carbocycles. The highest BCUT2D eigenvalue weighted by molar-refractivity contribution is 5.90. The average molecular weight is 268 g/mol. The van der Waals surface area contributed by atoms with Gasteiger partial charge in [-0.25, -0.2) is 0 Å². The summed E-state index contributed by atoms with van der Waals surface area (Å²) in [5, 5.41) is 6.07. The van der Waals surface area contributed by atoms with E-state index in [0.29, 0.717) is 0 Å². The van der Waals surface area contributed by atoms with Gasteiger partial charge in [0.2, 0.25) is 5.91 Å². The molecule has 2 rings (SSSR count). The zero-order valence-corrected chi connectivity index (χ0v) is 12.1. The Balaban J connectivity index is 2.38. The van der Waals surface area contributed by atoms with Gasteiger partial charge in [-0.2, -0.15) is 0 Å². The van der Waals surface area contributed by atoms with Crippen molar-refractivity contribution in [1.82, 2.24) is 5.32 Å². The van der Waals surface area contributed by atoms with E-state index in [-0.39, 0.29) is 5.91 Å². The highest BCUT2D eigenvalue weighted by Crippen LogP contribution is 2.26. The van der Waals surface area contributed by atoms with E-state index in [9.17, 15) is 4.79 Å². The highest BCUT2D eigenvalue weighted by Gasteiger charge is 2.34. The summed E-state index contributed by atoms with van der Waals surface area (Å²) in [7, 11) is 1.65. The van der Waals surface area contributed by atoms with Crippen molar-refractivity contribution < 1.29 is 4.79 Å².